The van der Waals surface area contributed by atoms with Gasteiger partial charge in [0, 0.05) is 0 Å². The van der Waals surface area contributed by atoms with Gasteiger partial charge in [-0.15, -0.1) is 0 Å². The average molecular weight is 533 g/mol. The molecule has 4 rings (SSSR count). The fourth-order valence-corrected chi connectivity index (χ4v) is 6.03. The molecular formula is C30H32N2O5S. The highest BCUT2D eigenvalue weighted by molar-refractivity contribution is 7.89. The maximum atomic E-state index is 13.9. The zero-order valence-corrected chi connectivity index (χ0v) is 22.2. The van der Waals surface area contributed by atoms with E-state index in [0.717, 1.165) is 39.6 Å². The Balaban J connectivity index is 1.72. The number of nitrogens with zero attached hydrogens (tertiary/aromatic N) is 1. The van der Waals surface area contributed by atoms with Crippen LogP contribution in [0.5, 0.6) is 5.75 Å². The molecule has 1 aliphatic rings. The summed E-state index contributed by atoms with van der Waals surface area (Å²) in [6.45, 7) is 5.60. The summed E-state index contributed by atoms with van der Waals surface area (Å²) in [5.41, 5.74) is 9.46. The smallest absolute Gasteiger partial charge is 0.335 e. The van der Waals surface area contributed by atoms with Gasteiger partial charge in [0.2, 0.25) is 0 Å². The highest BCUT2D eigenvalue weighted by Gasteiger charge is 2.28. The van der Waals surface area contributed by atoms with Crippen LogP contribution in [0.4, 0.5) is 0 Å². The van der Waals surface area contributed by atoms with E-state index >= 15 is 0 Å². The molecule has 0 bridgehead atoms. The van der Waals surface area contributed by atoms with Gasteiger partial charge in [0.15, 0.2) is 0 Å². The molecule has 198 valence electrons. The predicted octanol–water partition coefficient (Wildman–Crippen LogP) is 5.89. The number of hydrogen-bond acceptors (Lipinski definition) is 5. The quantitative estimate of drug-likeness (QED) is 0.337. The van der Waals surface area contributed by atoms with Crippen LogP contribution in [0.2, 0.25) is 0 Å². The molecule has 3 aromatic rings. The molecule has 8 heteroatoms. The van der Waals surface area contributed by atoms with E-state index in [9.17, 15) is 18.3 Å². The van der Waals surface area contributed by atoms with Crippen LogP contribution in [-0.2, 0) is 16.6 Å². The van der Waals surface area contributed by atoms with E-state index in [1.54, 1.807) is 13.0 Å². The van der Waals surface area contributed by atoms with Crippen molar-refractivity contribution in [2.75, 3.05) is 0 Å². The van der Waals surface area contributed by atoms with Crippen LogP contribution in [0.15, 0.2) is 90.1 Å². The van der Waals surface area contributed by atoms with Gasteiger partial charge in [-0.05, 0) is 91.3 Å². The molecular weight excluding hydrogens is 500 g/mol. The monoisotopic (exact) mass is 532 g/mol. The largest absolute Gasteiger partial charge is 0.490 e. The van der Waals surface area contributed by atoms with Crippen molar-refractivity contribution < 1.29 is 23.1 Å². The molecule has 0 unspecified atom stereocenters. The van der Waals surface area contributed by atoms with E-state index in [1.165, 1.54) is 37.1 Å². The second-order valence-electron chi connectivity index (χ2n) is 9.31. The second-order valence-corrected chi connectivity index (χ2v) is 11.2. The molecule has 1 aliphatic carbocycles. The fourth-order valence-electron chi connectivity index (χ4n) is 4.58. The lowest BCUT2D eigenvalue weighted by Gasteiger charge is -2.27. The number of benzene rings is 3. The number of allylic oxidation sites excluding steroid dienone is 1. The highest BCUT2D eigenvalue weighted by Crippen LogP contribution is 2.29. The molecule has 7 nitrogen and oxygen atoms in total. The SMILES string of the molecule is C=Cc1ccccc1/C(C)=C(\N)N(Cc1ccc(OC2CCCC2)cc1)S(=O)(=O)c1ccc(C(=O)O)cc1. The molecule has 1 saturated carbocycles. The topological polar surface area (TPSA) is 110 Å². The summed E-state index contributed by atoms with van der Waals surface area (Å²) in [5, 5.41) is 9.23. The number of hydrogen-bond donors (Lipinski definition) is 2. The zero-order chi connectivity index (χ0) is 27.3. The predicted molar refractivity (Wildman–Crippen MR) is 149 cm³/mol. The van der Waals surface area contributed by atoms with Crippen molar-refractivity contribution in [1.29, 1.82) is 0 Å². The van der Waals surface area contributed by atoms with E-state index in [2.05, 4.69) is 6.58 Å². The third-order valence-corrected chi connectivity index (χ3v) is 8.56. The van der Waals surface area contributed by atoms with E-state index in [0.29, 0.717) is 5.57 Å². The molecule has 38 heavy (non-hydrogen) atoms. The Morgan fingerprint density at radius 3 is 2.29 bits per heavy atom. The van der Waals surface area contributed by atoms with Crippen molar-refractivity contribution in [2.24, 2.45) is 5.73 Å². The minimum Gasteiger partial charge on any atom is -0.490 e. The summed E-state index contributed by atoms with van der Waals surface area (Å²) in [6, 6.07) is 19.9. The second kappa shape index (κ2) is 11.6. The number of carboxylic acids is 1. The highest BCUT2D eigenvalue weighted by atomic mass is 32.2. The number of ether oxygens (including phenoxy) is 1. The maximum Gasteiger partial charge on any atom is 0.335 e. The molecule has 0 atom stereocenters. The molecule has 3 N–H and O–H groups in total. The maximum absolute atomic E-state index is 13.9. The van der Waals surface area contributed by atoms with Crippen molar-refractivity contribution in [3.05, 3.63) is 107 Å². The van der Waals surface area contributed by atoms with Crippen molar-refractivity contribution in [2.45, 2.75) is 50.2 Å². The van der Waals surface area contributed by atoms with Gasteiger partial charge in [0.05, 0.1) is 23.1 Å². The van der Waals surface area contributed by atoms with Crippen LogP contribution >= 0.6 is 0 Å². The number of carbonyl (C=O) groups is 1. The van der Waals surface area contributed by atoms with Crippen molar-refractivity contribution in [3.63, 3.8) is 0 Å². The third-order valence-electron chi connectivity index (χ3n) is 6.78. The third kappa shape index (κ3) is 5.92. The van der Waals surface area contributed by atoms with Gasteiger partial charge in [-0.25, -0.2) is 17.5 Å². The van der Waals surface area contributed by atoms with Crippen LogP contribution < -0.4 is 10.5 Å². The summed E-state index contributed by atoms with van der Waals surface area (Å²) in [4.78, 5) is 11.2. The summed E-state index contributed by atoms with van der Waals surface area (Å²) in [7, 11) is -4.14. The van der Waals surface area contributed by atoms with E-state index < -0.39 is 16.0 Å². The van der Waals surface area contributed by atoms with Gasteiger partial charge < -0.3 is 15.6 Å². The Morgan fingerprint density at radius 1 is 1.05 bits per heavy atom. The first-order valence-electron chi connectivity index (χ1n) is 12.5. The Hall–Kier alpha value is -4.04. The summed E-state index contributed by atoms with van der Waals surface area (Å²) >= 11 is 0. The summed E-state index contributed by atoms with van der Waals surface area (Å²) in [5.74, 6) is -0.325. The van der Waals surface area contributed by atoms with Gasteiger partial charge in [-0.3, -0.25) is 0 Å². The Kier molecular flexibility index (Phi) is 8.22. The molecule has 0 heterocycles. The Labute approximate surface area is 223 Å². The van der Waals surface area contributed by atoms with E-state index in [4.69, 9.17) is 10.5 Å². The summed E-state index contributed by atoms with van der Waals surface area (Å²) < 4.78 is 34.9. The normalized spacial score (nSPS) is 14.6. The van der Waals surface area contributed by atoms with Crippen LogP contribution in [0.25, 0.3) is 11.6 Å². The Morgan fingerprint density at radius 2 is 1.68 bits per heavy atom. The first kappa shape index (κ1) is 27.0. The molecule has 0 spiro atoms. The number of nitrogens with two attached hydrogens (primary N) is 1. The number of carboxylic acid groups (broad SMARTS) is 1. The number of rotatable bonds is 10. The molecule has 0 amide bonds. The minimum absolute atomic E-state index is 0.00652. The van der Waals surface area contributed by atoms with Crippen LogP contribution in [0.1, 0.15) is 59.7 Å². The van der Waals surface area contributed by atoms with Crippen LogP contribution in [-0.4, -0.2) is 29.9 Å². The van der Waals surface area contributed by atoms with Gasteiger partial charge in [0.1, 0.15) is 11.6 Å². The Bertz CT molecular complexity index is 1440. The zero-order valence-electron chi connectivity index (χ0n) is 21.3. The van der Waals surface area contributed by atoms with Crippen LogP contribution in [0, 0.1) is 0 Å². The van der Waals surface area contributed by atoms with Crippen molar-refractivity contribution in [1.82, 2.24) is 4.31 Å². The number of aromatic carboxylic acids is 1. The van der Waals surface area contributed by atoms with Gasteiger partial charge in [0.25, 0.3) is 10.0 Å². The lowest BCUT2D eigenvalue weighted by atomic mass is 10.0. The van der Waals surface area contributed by atoms with Gasteiger partial charge in [-0.2, -0.15) is 0 Å². The molecule has 0 aromatic heterocycles. The molecule has 0 aliphatic heterocycles. The first-order chi connectivity index (χ1) is 18.2. The summed E-state index contributed by atoms with van der Waals surface area (Å²) in [6.07, 6.45) is 6.34. The minimum atomic E-state index is -4.14. The molecule has 0 radical (unpaired) electrons. The van der Waals surface area contributed by atoms with Gasteiger partial charge in [-0.1, -0.05) is 49.1 Å². The van der Waals surface area contributed by atoms with E-state index in [-0.39, 0.29) is 28.9 Å². The molecule has 1 fully saturated rings. The van der Waals surface area contributed by atoms with Crippen molar-refractivity contribution in [3.8, 4) is 5.75 Å². The molecule has 3 aromatic carbocycles. The average Bonchev–Trinajstić information content (AvgIpc) is 3.44. The first-order valence-corrected chi connectivity index (χ1v) is 13.9. The molecule has 0 saturated heterocycles. The van der Waals surface area contributed by atoms with Crippen molar-refractivity contribution >= 4 is 27.6 Å². The van der Waals surface area contributed by atoms with E-state index in [1.807, 2.05) is 48.5 Å². The standard InChI is InChI=1S/C30H32N2O5S/c1-3-23-8-4-7-11-28(23)21(2)29(31)32(38(35,36)27-18-14-24(15-19-27)30(33)34)20-22-12-16-26(17-13-22)37-25-9-5-6-10-25/h3-4,7-8,11-19,25H,1,5-6,9-10,20,31H2,2H3,(H,33,34)/b29-21+. The van der Waals surface area contributed by atoms with Crippen LogP contribution in [0.3, 0.4) is 0 Å². The van der Waals surface area contributed by atoms with Gasteiger partial charge >= 0.3 is 5.97 Å². The lowest BCUT2D eigenvalue weighted by molar-refractivity contribution is 0.0696. The lowest BCUT2D eigenvalue weighted by Crippen LogP contribution is -2.34. The number of sulfonamides is 1. The fraction of sp³-hybridized carbons (Fsp3) is 0.233.